The minimum absolute atomic E-state index is 0.292. The standard InChI is InChI=1S/C19H33NO/c1-7-10-20-19(13-21-17(6)11-14(2)3)18-9-8-15(4)12-16(18)5/h8-9,12,14,17,19-20H,7,10-11,13H2,1-6H3. The topological polar surface area (TPSA) is 21.3 Å². The van der Waals surface area contributed by atoms with Gasteiger partial charge in [-0.1, -0.05) is 44.5 Å². The van der Waals surface area contributed by atoms with Crippen LogP contribution in [0, 0.1) is 19.8 Å². The SMILES string of the molecule is CCCNC(COC(C)CC(C)C)c1ccc(C)cc1C. The highest BCUT2D eigenvalue weighted by Gasteiger charge is 2.15. The van der Waals surface area contributed by atoms with E-state index in [0.29, 0.717) is 18.1 Å². The molecule has 21 heavy (non-hydrogen) atoms. The molecule has 2 atom stereocenters. The summed E-state index contributed by atoms with van der Waals surface area (Å²) in [4.78, 5) is 0. The van der Waals surface area contributed by atoms with Crippen LogP contribution in [-0.2, 0) is 4.74 Å². The van der Waals surface area contributed by atoms with E-state index in [9.17, 15) is 0 Å². The van der Waals surface area contributed by atoms with Gasteiger partial charge in [0, 0.05) is 0 Å². The third kappa shape index (κ3) is 6.62. The zero-order chi connectivity index (χ0) is 15.8. The molecule has 0 heterocycles. The highest BCUT2D eigenvalue weighted by molar-refractivity contribution is 5.32. The van der Waals surface area contributed by atoms with Gasteiger partial charge < -0.3 is 10.1 Å². The van der Waals surface area contributed by atoms with Crippen molar-refractivity contribution in [1.82, 2.24) is 5.32 Å². The van der Waals surface area contributed by atoms with Gasteiger partial charge in [0.25, 0.3) is 0 Å². The first-order chi connectivity index (χ1) is 9.93. The highest BCUT2D eigenvalue weighted by atomic mass is 16.5. The molecule has 2 nitrogen and oxygen atoms in total. The summed E-state index contributed by atoms with van der Waals surface area (Å²) >= 11 is 0. The van der Waals surface area contributed by atoms with Crippen molar-refractivity contribution >= 4 is 0 Å². The van der Waals surface area contributed by atoms with Gasteiger partial charge in [-0.3, -0.25) is 0 Å². The second kappa shape index (κ2) is 9.22. The van der Waals surface area contributed by atoms with Crippen molar-refractivity contribution in [2.24, 2.45) is 5.92 Å². The summed E-state index contributed by atoms with van der Waals surface area (Å²) in [6.07, 6.45) is 2.58. The monoisotopic (exact) mass is 291 g/mol. The largest absolute Gasteiger partial charge is 0.377 e. The molecule has 0 amide bonds. The van der Waals surface area contributed by atoms with E-state index in [4.69, 9.17) is 4.74 Å². The van der Waals surface area contributed by atoms with E-state index in [2.05, 4.69) is 65.1 Å². The Morgan fingerprint density at radius 1 is 1.14 bits per heavy atom. The quantitative estimate of drug-likeness (QED) is 0.706. The van der Waals surface area contributed by atoms with Crippen LogP contribution in [0.4, 0.5) is 0 Å². The van der Waals surface area contributed by atoms with Gasteiger partial charge in [-0.15, -0.1) is 0 Å². The van der Waals surface area contributed by atoms with Gasteiger partial charge in [0.15, 0.2) is 0 Å². The van der Waals surface area contributed by atoms with Crippen LogP contribution >= 0.6 is 0 Å². The number of rotatable bonds is 9. The van der Waals surface area contributed by atoms with Crippen LogP contribution in [0.3, 0.4) is 0 Å². The van der Waals surface area contributed by atoms with Crippen molar-refractivity contribution in [1.29, 1.82) is 0 Å². The zero-order valence-corrected chi connectivity index (χ0v) is 14.7. The maximum Gasteiger partial charge on any atom is 0.0665 e. The molecule has 1 aromatic carbocycles. The molecule has 0 aliphatic rings. The summed E-state index contributed by atoms with van der Waals surface area (Å²) in [6, 6.07) is 6.99. The number of aryl methyl sites for hydroxylation is 2. The molecule has 0 spiro atoms. The van der Waals surface area contributed by atoms with Gasteiger partial charge >= 0.3 is 0 Å². The van der Waals surface area contributed by atoms with Crippen molar-refractivity contribution < 1.29 is 4.74 Å². The lowest BCUT2D eigenvalue weighted by atomic mass is 9.99. The maximum atomic E-state index is 6.09. The molecule has 0 radical (unpaired) electrons. The number of hydrogen-bond acceptors (Lipinski definition) is 2. The second-order valence-corrected chi connectivity index (χ2v) is 6.64. The molecular formula is C19H33NO. The molecule has 1 rings (SSSR count). The number of hydrogen-bond donors (Lipinski definition) is 1. The molecule has 0 aliphatic carbocycles. The summed E-state index contributed by atoms with van der Waals surface area (Å²) in [5.74, 6) is 0.683. The number of benzene rings is 1. The zero-order valence-electron chi connectivity index (χ0n) is 14.7. The van der Waals surface area contributed by atoms with Crippen LogP contribution in [0.2, 0.25) is 0 Å². The normalized spacial score (nSPS) is 14.4. The van der Waals surface area contributed by atoms with Crippen LogP contribution in [0.25, 0.3) is 0 Å². The number of nitrogens with one attached hydrogen (secondary N) is 1. The fraction of sp³-hybridized carbons (Fsp3) is 0.684. The van der Waals surface area contributed by atoms with E-state index < -0.39 is 0 Å². The Morgan fingerprint density at radius 2 is 1.86 bits per heavy atom. The Bertz CT molecular complexity index is 414. The van der Waals surface area contributed by atoms with Crippen molar-refractivity contribution in [2.75, 3.05) is 13.2 Å². The fourth-order valence-corrected chi connectivity index (χ4v) is 2.79. The summed E-state index contributed by atoms with van der Waals surface area (Å²) < 4.78 is 6.09. The second-order valence-electron chi connectivity index (χ2n) is 6.64. The predicted molar refractivity (Wildman–Crippen MR) is 91.8 cm³/mol. The van der Waals surface area contributed by atoms with Crippen LogP contribution in [0.15, 0.2) is 18.2 Å². The van der Waals surface area contributed by atoms with E-state index in [-0.39, 0.29) is 0 Å². The van der Waals surface area contributed by atoms with Gasteiger partial charge in [-0.25, -0.2) is 0 Å². The molecule has 0 saturated carbocycles. The Morgan fingerprint density at radius 3 is 2.43 bits per heavy atom. The molecule has 2 heteroatoms. The third-order valence-electron chi connectivity index (χ3n) is 3.79. The van der Waals surface area contributed by atoms with Gasteiger partial charge in [0.2, 0.25) is 0 Å². The van der Waals surface area contributed by atoms with Crippen molar-refractivity contribution in [3.63, 3.8) is 0 Å². The fourth-order valence-electron chi connectivity index (χ4n) is 2.79. The van der Waals surface area contributed by atoms with Crippen LogP contribution in [-0.4, -0.2) is 19.3 Å². The molecule has 0 aliphatic heterocycles. The molecule has 120 valence electrons. The Hall–Kier alpha value is -0.860. The lowest BCUT2D eigenvalue weighted by Gasteiger charge is -2.24. The average Bonchev–Trinajstić information content (AvgIpc) is 2.39. The minimum atomic E-state index is 0.292. The lowest BCUT2D eigenvalue weighted by Crippen LogP contribution is -2.29. The van der Waals surface area contributed by atoms with Crippen LogP contribution < -0.4 is 5.32 Å². The summed E-state index contributed by atoms with van der Waals surface area (Å²) in [6.45, 7) is 15.0. The van der Waals surface area contributed by atoms with E-state index in [1.807, 2.05) is 0 Å². The molecule has 1 aromatic rings. The predicted octanol–water partition coefficient (Wildman–Crippen LogP) is 4.80. The van der Waals surface area contributed by atoms with Gasteiger partial charge in [-0.2, -0.15) is 0 Å². The first-order valence-corrected chi connectivity index (χ1v) is 8.36. The smallest absolute Gasteiger partial charge is 0.0665 e. The lowest BCUT2D eigenvalue weighted by molar-refractivity contribution is 0.0370. The molecule has 0 aromatic heterocycles. The average molecular weight is 291 g/mol. The molecule has 0 fully saturated rings. The first-order valence-electron chi connectivity index (χ1n) is 8.36. The maximum absolute atomic E-state index is 6.09. The molecular weight excluding hydrogens is 258 g/mol. The summed E-state index contributed by atoms with van der Waals surface area (Å²) in [7, 11) is 0. The third-order valence-corrected chi connectivity index (χ3v) is 3.79. The van der Waals surface area contributed by atoms with E-state index in [1.165, 1.54) is 16.7 Å². The van der Waals surface area contributed by atoms with Crippen molar-refractivity contribution in [3.8, 4) is 0 Å². The Kier molecular flexibility index (Phi) is 7.98. The first kappa shape index (κ1) is 18.2. The Labute approximate surface area is 131 Å². The van der Waals surface area contributed by atoms with Gasteiger partial charge in [-0.05, 0) is 57.2 Å². The molecule has 0 bridgehead atoms. The number of ether oxygens (including phenoxy) is 1. The Balaban J connectivity index is 2.71. The van der Waals surface area contributed by atoms with Crippen molar-refractivity contribution in [2.45, 2.75) is 66.5 Å². The van der Waals surface area contributed by atoms with Gasteiger partial charge in [0.1, 0.15) is 0 Å². The van der Waals surface area contributed by atoms with E-state index in [1.54, 1.807) is 0 Å². The van der Waals surface area contributed by atoms with E-state index in [0.717, 1.165) is 26.0 Å². The molecule has 0 saturated heterocycles. The summed E-state index contributed by atoms with van der Waals surface area (Å²) in [5, 5.41) is 3.63. The van der Waals surface area contributed by atoms with Crippen LogP contribution in [0.5, 0.6) is 0 Å². The minimum Gasteiger partial charge on any atom is -0.377 e. The van der Waals surface area contributed by atoms with Crippen LogP contribution in [0.1, 0.15) is 63.3 Å². The van der Waals surface area contributed by atoms with Gasteiger partial charge in [0.05, 0.1) is 18.8 Å². The van der Waals surface area contributed by atoms with E-state index >= 15 is 0 Å². The molecule has 1 N–H and O–H groups in total. The highest BCUT2D eigenvalue weighted by Crippen LogP contribution is 2.21. The molecule has 2 unspecified atom stereocenters. The summed E-state index contributed by atoms with van der Waals surface area (Å²) in [5.41, 5.74) is 4.04. The van der Waals surface area contributed by atoms with Crippen molar-refractivity contribution in [3.05, 3.63) is 34.9 Å².